The molecule has 1 atom stereocenters. The van der Waals surface area contributed by atoms with E-state index < -0.39 is 10.0 Å². The third kappa shape index (κ3) is 6.67. The Kier molecular flexibility index (Phi) is 7.86. The highest BCUT2D eigenvalue weighted by atomic mass is 32.2. The lowest BCUT2D eigenvalue weighted by atomic mass is 9.98. The van der Waals surface area contributed by atoms with Gasteiger partial charge in [-0.05, 0) is 56.4 Å². The van der Waals surface area contributed by atoms with E-state index in [0.717, 1.165) is 18.4 Å². The number of hydrogen-bond donors (Lipinski definition) is 2. The summed E-state index contributed by atoms with van der Waals surface area (Å²) in [6, 6.07) is 9.96. The SMILES string of the molecule is Cc1ccc(S(=O)(=O)NCC2CCCN(C(=O)CCCNC(=O)c3ccco3)C2)cc1. The number of rotatable bonds is 9. The molecule has 1 unspecified atom stereocenters. The smallest absolute Gasteiger partial charge is 0.286 e. The fourth-order valence-electron chi connectivity index (χ4n) is 3.58. The molecule has 3 rings (SSSR count). The fourth-order valence-corrected chi connectivity index (χ4v) is 4.70. The van der Waals surface area contributed by atoms with Crippen LogP contribution in [0.3, 0.4) is 0 Å². The van der Waals surface area contributed by atoms with Crippen LogP contribution in [0.25, 0.3) is 0 Å². The van der Waals surface area contributed by atoms with Crippen LogP contribution in [-0.4, -0.2) is 51.3 Å². The van der Waals surface area contributed by atoms with E-state index in [-0.39, 0.29) is 28.4 Å². The Morgan fingerprint density at radius 3 is 2.68 bits per heavy atom. The summed E-state index contributed by atoms with van der Waals surface area (Å²) in [5.74, 6) is 0.0598. The number of nitrogens with zero attached hydrogens (tertiary/aromatic N) is 1. The van der Waals surface area contributed by atoms with Gasteiger partial charge in [0.15, 0.2) is 5.76 Å². The van der Waals surface area contributed by atoms with Gasteiger partial charge in [-0.1, -0.05) is 17.7 Å². The Labute approximate surface area is 183 Å². The predicted molar refractivity (Wildman–Crippen MR) is 116 cm³/mol. The van der Waals surface area contributed by atoms with E-state index >= 15 is 0 Å². The molecule has 9 heteroatoms. The van der Waals surface area contributed by atoms with E-state index in [0.29, 0.717) is 39.0 Å². The lowest BCUT2D eigenvalue weighted by Gasteiger charge is -2.33. The molecule has 0 aliphatic carbocycles. The lowest BCUT2D eigenvalue weighted by Crippen LogP contribution is -2.43. The Balaban J connectivity index is 1.40. The number of piperidine rings is 1. The second-order valence-electron chi connectivity index (χ2n) is 7.85. The van der Waals surface area contributed by atoms with Crippen molar-refractivity contribution in [1.29, 1.82) is 0 Å². The minimum Gasteiger partial charge on any atom is -0.459 e. The third-order valence-electron chi connectivity index (χ3n) is 5.36. The van der Waals surface area contributed by atoms with E-state index in [1.54, 1.807) is 41.3 Å². The number of benzene rings is 1. The highest BCUT2D eigenvalue weighted by Gasteiger charge is 2.25. The van der Waals surface area contributed by atoms with Crippen LogP contribution < -0.4 is 10.0 Å². The molecule has 31 heavy (non-hydrogen) atoms. The molecule has 1 aliphatic heterocycles. The van der Waals surface area contributed by atoms with Crippen molar-refractivity contribution in [1.82, 2.24) is 14.9 Å². The predicted octanol–water partition coefficient (Wildman–Crippen LogP) is 2.32. The third-order valence-corrected chi connectivity index (χ3v) is 6.80. The normalized spacial score (nSPS) is 16.8. The molecule has 2 amide bonds. The number of aryl methyl sites for hydroxylation is 1. The standard InChI is InChI=1S/C22H29N3O5S/c1-17-8-10-19(11-9-17)31(28,29)24-15-18-5-3-13-25(16-18)21(26)7-2-12-23-22(27)20-6-4-14-30-20/h4,6,8-11,14,18,24H,2-3,5,7,12-13,15-16H2,1H3,(H,23,27). The van der Waals surface area contributed by atoms with Crippen molar-refractivity contribution in [2.75, 3.05) is 26.2 Å². The van der Waals surface area contributed by atoms with Crippen LogP contribution in [0.4, 0.5) is 0 Å². The molecular weight excluding hydrogens is 418 g/mol. The maximum absolute atomic E-state index is 12.5. The van der Waals surface area contributed by atoms with Gasteiger partial charge < -0.3 is 14.6 Å². The van der Waals surface area contributed by atoms with Crippen LogP contribution >= 0.6 is 0 Å². The van der Waals surface area contributed by atoms with Crippen molar-refractivity contribution in [2.45, 2.75) is 37.5 Å². The zero-order chi connectivity index (χ0) is 22.3. The summed E-state index contributed by atoms with van der Waals surface area (Å²) in [6.07, 6.45) is 4.02. The maximum atomic E-state index is 12.5. The number of furan rings is 1. The summed E-state index contributed by atoms with van der Waals surface area (Å²) < 4.78 is 32.7. The number of nitrogens with one attached hydrogen (secondary N) is 2. The summed E-state index contributed by atoms with van der Waals surface area (Å²) in [7, 11) is -3.56. The maximum Gasteiger partial charge on any atom is 0.286 e. The van der Waals surface area contributed by atoms with Gasteiger partial charge in [-0.25, -0.2) is 13.1 Å². The number of carbonyl (C=O) groups excluding carboxylic acids is 2. The van der Waals surface area contributed by atoms with Crippen molar-refractivity contribution in [2.24, 2.45) is 5.92 Å². The van der Waals surface area contributed by atoms with Crippen LogP contribution in [0.2, 0.25) is 0 Å². The van der Waals surface area contributed by atoms with Crippen LogP contribution in [-0.2, 0) is 14.8 Å². The largest absolute Gasteiger partial charge is 0.459 e. The molecule has 1 aliphatic rings. The van der Waals surface area contributed by atoms with Gasteiger partial charge in [0.05, 0.1) is 11.2 Å². The van der Waals surface area contributed by atoms with Gasteiger partial charge in [-0.2, -0.15) is 0 Å². The van der Waals surface area contributed by atoms with Crippen molar-refractivity contribution < 1.29 is 22.4 Å². The van der Waals surface area contributed by atoms with E-state index in [1.165, 1.54) is 6.26 Å². The van der Waals surface area contributed by atoms with Gasteiger partial charge in [0.1, 0.15) is 0 Å². The van der Waals surface area contributed by atoms with Gasteiger partial charge in [0.25, 0.3) is 5.91 Å². The average molecular weight is 448 g/mol. The van der Waals surface area contributed by atoms with Crippen LogP contribution in [0.1, 0.15) is 41.8 Å². The minimum absolute atomic E-state index is 0.0262. The molecule has 1 aromatic heterocycles. The van der Waals surface area contributed by atoms with Gasteiger partial charge in [0, 0.05) is 32.6 Å². The fraction of sp³-hybridized carbons (Fsp3) is 0.455. The molecule has 0 spiro atoms. The Morgan fingerprint density at radius 1 is 1.19 bits per heavy atom. The minimum atomic E-state index is -3.56. The monoisotopic (exact) mass is 447 g/mol. The van der Waals surface area contributed by atoms with Gasteiger partial charge in [-0.15, -0.1) is 0 Å². The van der Waals surface area contributed by atoms with Crippen LogP contribution in [0, 0.1) is 12.8 Å². The summed E-state index contributed by atoms with van der Waals surface area (Å²) in [5.41, 5.74) is 1.00. The molecule has 8 nitrogen and oxygen atoms in total. The number of sulfonamides is 1. The highest BCUT2D eigenvalue weighted by Crippen LogP contribution is 2.18. The lowest BCUT2D eigenvalue weighted by molar-refractivity contribution is -0.133. The zero-order valence-electron chi connectivity index (χ0n) is 17.7. The molecule has 2 N–H and O–H groups in total. The van der Waals surface area contributed by atoms with E-state index in [1.807, 2.05) is 6.92 Å². The van der Waals surface area contributed by atoms with Crippen LogP contribution in [0.5, 0.6) is 0 Å². The highest BCUT2D eigenvalue weighted by molar-refractivity contribution is 7.89. The first kappa shape index (κ1) is 23.0. The number of likely N-dealkylation sites (tertiary alicyclic amines) is 1. The van der Waals surface area contributed by atoms with Crippen molar-refractivity contribution in [3.05, 3.63) is 54.0 Å². The van der Waals surface area contributed by atoms with Gasteiger partial charge in [-0.3, -0.25) is 9.59 Å². The first-order valence-corrected chi connectivity index (χ1v) is 12.0. The number of amides is 2. The topological polar surface area (TPSA) is 109 Å². The average Bonchev–Trinajstić information content (AvgIpc) is 3.31. The second kappa shape index (κ2) is 10.6. The molecule has 2 aromatic rings. The summed E-state index contributed by atoms with van der Waals surface area (Å²) in [6.45, 7) is 3.81. The van der Waals surface area contributed by atoms with E-state index in [4.69, 9.17) is 4.42 Å². The molecular formula is C22H29N3O5S. The van der Waals surface area contributed by atoms with E-state index in [2.05, 4.69) is 10.0 Å². The molecule has 1 aromatic carbocycles. The van der Waals surface area contributed by atoms with Crippen molar-refractivity contribution in [3.8, 4) is 0 Å². The number of hydrogen-bond acceptors (Lipinski definition) is 5. The molecule has 0 saturated carbocycles. The summed E-state index contributed by atoms with van der Waals surface area (Å²) in [5, 5.41) is 2.73. The molecule has 1 saturated heterocycles. The Morgan fingerprint density at radius 2 is 1.97 bits per heavy atom. The second-order valence-corrected chi connectivity index (χ2v) is 9.62. The zero-order valence-corrected chi connectivity index (χ0v) is 18.5. The van der Waals surface area contributed by atoms with Crippen molar-refractivity contribution in [3.63, 3.8) is 0 Å². The molecule has 1 fully saturated rings. The number of carbonyl (C=O) groups is 2. The summed E-state index contributed by atoms with van der Waals surface area (Å²) >= 11 is 0. The summed E-state index contributed by atoms with van der Waals surface area (Å²) in [4.78, 5) is 26.4. The molecule has 2 heterocycles. The first-order valence-electron chi connectivity index (χ1n) is 10.5. The van der Waals surface area contributed by atoms with Crippen molar-refractivity contribution >= 4 is 21.8 Å². The molecule has 0 radical (unpaired) electrons. The van der Waals surface area contributed by atoms with Crippen LogP contribution in [0.15, 0.2) is 52.0 Å². The van der Waals surface area contributed by atoms with Gasteiger partial charge in [0.2, 0.25) is 15.9 Å². The first-order chi connectivity index (χ1) is 14.8. The van der Waals surface area contributed by atoms with Gasteiger partial charge >= 0.3 is 0 Å². The quantitative estimate of drug-likeness (QED) is 0.574. The molecule has 168 valence electrons. The van der Waals surface area contributed by atoms with E-state index in [9.17, 15) is 18.0 Å². The molecule has 0 bridgehead atoms. The Hall–Kier alpha value is -2.65. The Bertz CT molecular complexity index is 971.